The number of rotatable bonds is 17. The summed E-state index contributed by atoms with van der Waals surface area (Å²) in [5.74, 6) is 1.12. The first kappa shape index (κ1) is 28.6. The number of amides is 1. The Morgan fingerprint density at radius 1 is 0.718 bits per heavy atom. The molecule has 0 unspecified atom stereocenters. The quantitative estimate of drug-likeness (QED) is 0.141. The van der Waals surface area contributed by atoms with Gasteiger partial charge in [0, 0.05) is 19.5 Å². The molecule has 0 atom stereocenters. The summed E-state index contributed by atoms with van der Waals surface area (Å²) in [6.07, 6.45) is 14.5. The van der Waals surface area contributed by atoms with Crippen molar-refractivity contribution in [1.29, 1.82) is 0 Å². The van der Waals surface area contributed by atoms with Crippen LogP contribution in [0.5, 0.6) is 0 Å². The van der Waals surface area contributed by atoms with Crippen LogP contribution in [-0.2, 0) is 24.2 Å². The maximum absolute atomic E-state index is 12.6. The number of imidazole rings is 1. The maximum Gasteiger partial charge on any atom is 0.224 e. The number of nitrogens with zero attached hydrogens (tertiary/aromatic N) is 2. The van der Waals surface area contributed by atoms with Gasteiger partial charge in [0.2, 0.25) is 5.91 Å². The highest BCUT2D eigenvalue weighted by atomic mass is 16.1. The standard InChI is InChI=1S/C35H45N3O/c1-2-3-4-5-6-7-8-9-10-16-27-38-33-20-15-14-19-32(33)37-34(38)25-26-36-35(39)28-29-21-23-31(24-22-29)30-17-12-11-13-18-30/h11-15,17-24H,2-10,16,25-28H2,1H3,(H,36,39). The number of carbonyl (C=O) groups is 1. The molecule has 39 heavy (non-hydrogen) atoms. The third-order valence-corrected chi connectivity index (χ3v) is 7.57. The number of carbonyl (C=O) groups excluding carboxylic acids is 1. The summed E-state index contributed by atoms with van der Waals surface area (Å²) < 4.78 is 2.37. The number of fused-ring (bicyclic) bond motifs is 1. The number of hydrogen-bond acceptors (Lipinski definition) is 2. The topological polar surface area (TPSA) is 46.9 Å². The van der Waals surface area contributed by atoms with Gasteiger partial charge >= 0.3 is 0 Å². The lowest BCUT2D eigenvalue weighted by atomic mass is 10.0. The van der Waals surface area contributed by atoms with Gasteiger partial charge in [0.25, 0.3) is 0 Å². The lowest BCUT2D eigenvalue weighted by Crippen LogP contribution is -2.28. The van der Waals surface area contributed by atoms with E-state index in [0.717, 1.165) is 29.9 Å². The molecule has 1 aromatic heterocycles. The summed E-state index contributed by atoms with van der Waals surface area (Å²) >= 11 is 0. The average Bonchev–Trinajstić information content (AvgIpc) is 3.32. The van der Waals surface area contributed by atoms with Crippen LogP contribution in [0.3, 0.4) is 0 Å². The number of nitrogens with one attached hydrogen (secondary N) is 1. The Bertz CT molecular complexity index is 1260. The molecule has 0 aliphatic carbocycles. The van der Waals surface area contributed by atoms with Crippen molar-refractivity contribution in [2.24, 2.45) is 0 Å². The van der Waals surface area contributed by atoms with Gasteiger partial charge in [-0.3, -0.25) is 4.79 Å². The molecule has 1 heterocycles. The smallest absolute Gasteiger partial charge is 0.224 e. The minimum absolute atomic E-state index is 0.0554. The number of hydrogen-bond donors (Lipinski definition) is 1. The molecular formula is C35H45N3O. The number of benzene rings is 3. The molecule has 0 bridgehead atoms. The Balaban J connectivity index is 1.21. The summed E-state index contributed by atoms with van der Waals surface area (Å²) in [5, 5.41) is 3.11. The van der Waals surface area contributed by atoms with Gasteiger partial charge in [-0.25, -0.2) is 4.98 Å². The minimum atomic E-state index is 0.0554. The van der Waals surface area contributed by atoms with Crippen LogP contribution in [0.1, 0.15) is 82.5 Å². The van der Waals surface area contributed by atoms with E-state index in [9.17, 15) is 4.79 Å². The first-order valence-corrected chi connectivity index (χ1v) is 15.1. The molecule has 1 N–H and O–H groups in total. The van der Waals surface area contributed by atoms with E-state index in [4.69, 9.17) is 4.98 Å². The van der Waals surface area contributed by atoms with Gasteiger partial charge in [-0.05, 0) is 35.2 Å². The zero-order valence-corrected chi connectivity index (χ0v) is 23.7. The SMILES string of the molecule is CCCCCCCCCCCCn1c(CCNC(=O)Cc2ccc(-c3ccccc3)cc2)nc2ccccc21. The summed E-state index contributed by atoms with van der Waals surface area (Å²) in [7, 11) is 0. The van der Waals surface area contributed by atoms with Crippen molar-refractivity contribution in [2.45, 2.75) is 90.5 Å². The highest BCUT2D eigenvalue weighted by Crippen LogP contribution is 2.20. The third kappa shape index (κ3) is 9.09. The molecule has 0 saturated heterocycles. The largest absolute Gasteiger partial charge is 0.355 e. The first-order chi connectivity index (χ1) is 19.2. The van der Waals surface area contributed by atoms with E-state index in [1.54, 1.807) is 0 Å². The summed E-state index contributed by atoms with van der Waals surface area (Å²) in [6.45, 7) is 3.87. The highest BCUT2D eigenvalue weighted by Gasteiger charge is 2.11. The van der Waals surface area contributed by atoms with Crippen molar-refractivity contribution in [3.63, 3.8) is 0 Å². The zero-order valence-electron chi connectivity index (χ0n) is 23.7. The fraction of sp³-hybridized carbons (Fsp3) is 0.429. The fourth-order valence-corrected chi connectivity index (χ4v) is 5.33. The maximum atomic E-state index is 12.6. The normalized spacial score (nSPS) is 11.2. The van der Waals surface area contributed by atoms with Gasteiger partial charge in [0.05, 0.1) is 17.5 Å². The van der Waals surface area contributed by atoms with E-state index >= 15 is 0 Å². The van der Waals surface area contributed by atoms with Gasteiger partial charge in [-0.2, -0.15) is 0 Å². The Morgan fingerprint density at radius 2 is 1.33 bits per heavy atom. The van der Waals surface area contributed by atoms with Crippen LogP contribution in [0.25, 0.3) is 22.2 Å². The summed E-state index contributed by atoms with van der Waals surface area (Å²) in [6, 6.07) is 27.0. The van der Waals surface area contributed by atoms with Crippen molar-refractivity contribution in [3.05, 3.63) is 90.3 Å². The predicted octanol–water partition coefficient (Wildman–Crippen LogP) is 8.53. The molecule has 4 aromatic rings. The summed E-state index contributed by atoms with van der Waals surface area (Å²) in [5.41, 5.74) is 5.63. The second-order valence-electron chi connectivity index (χ2n) is 10.7. The molecule has 1 amide bonds. The highest BCUT2D eigenvalue weighted by molar-refractivity contribution is 5.79. The van der Waals surface area contributed by atoms with E-state index in [0.29, 0.717) is 13.0 Å². The molecule has 0 radical (unpaired) electrons. The van der Waals surface area contributed by atoms with E-state index in [1.807, 2.05) is 30.3 Å². The first-order valence-electron chi connectivity index (χ1n) is 15.1. The molecule has 4 nitrogen and oxygen atoms in total. The van der Waals surface area contributed by atoms with Crippen molar-refractivity contribution in [3.8, 4) is 11.1 Å². The van der Waals surface area contributed by atoms with Gasteiger partial charge in [0.15, 0.2) is 0 Å². The second kappa shape index (κ2) is 15.9. The van der Waals surface area contributed by atoms with Crippen molar-refractivity contribution < 1.29 is 4.79 Å². The van der Waals surface area contributed by atoms with E-state index in [-0.39, 0.29) is 5.91 Å². The molecule has 0 aliphatic rings. The van der Waals surface area contributed by atoms with Crippen LogP contribution in [0.4, 0.5) is 0 Å². The van der Waals surface area contributed by atoms with Gasteiger partial charge in [0.1, 0.15) is 5.82 Å². The van der Waals surface area contributed by atoms with Crippen LogP contribution in [0.2, 0.25) is 0 Å². The molecule has 4 heteroatoms. The lowest BCUT2D eigenvalue weighted by Gasteiger charge is -2.10. The van der Waals surface area contributed by atoms with Crippen LogP contribution in [0.15, 0.2) is 78.9 Å². The van der Waals surface area contributed by atoms with Crippen LogP contribution in [-0.4, -0.2) is 22.0 Å². The molecule has 0 aliphatic heterocycles. The number of aromatic nitrogens is 2. The number of para-hydroxylation sites is 2. The predicted molar refractivity (Wildman–Crippen MR) is 164 cm³/mol. The van der Waals surface area contributed by atoms with E-state index in [2.05, 4.69) is 65.3 Å². The Labute approximate surface area is 234 Å². The van der Waals surface area contributed by atoms with Crippen molar-refractivity contribution in [2.75, 3.05) is 6.54 Å². The minimum Gasteiger partial charge on any atom is -0.355 e. The Kier molecular flexibility index (Phi) is 11.6. The van der Waals surface area contributed by atoms with Crippen LogP contribution < -0.4 is 5.32 Å². The molecular weight excluding hydrogens is 478 g/mol. The van der Waals surface area contributed by atoms with Gasteiger partial charge < -0.3 is 9.88 Å². The summed E-state index contributed by atoms with van der Waals surface area (Å²) in [4.78, 5) is 17.6. The molecule has 0 fully saturated rings. The van der Waals surface area contributed by atoms with Crippen LogP contribution >= 0.6 is 0 Å². The fourth-order valence-electron chi connectivity index (χ4n) is 5.33. The Hall–Kier alpha value is -3.40. The molecule has 4 rings (SSSR count). The van der Waals surface area contributed by atoms with Gasteiger partial charge in [-0.15, -0.1) is 0 Å². The van der Waals surface area contributed by atoms with Crippen molar-refractivity contribution >= 4 is 16.9 Å². The molecule has 3 aromatic carbocycles. The average molecular weight is 524 g/mol. The Morgan fingerprint density at radius 3 is 2.05 bits per heavy atom. The van der Waals surface area contributed by atoms with Crippen LogP contribution in [0, 0.1) is 0 Å². The molecule has 206 valence electrons. The zero-order chi connectivity index (χ0) is 27.1. The second-order valence-corrected chi connectivity index (χ2v) is 10.7. The van der Waals surface area contributed by atoms with E-state index < -0.39 is 0 Å². The monoisotopic (exact) mass is 523 g/mol. The third-order valence-electron chi connectivity index (χ3n) is 7.57. The van der Waals surface area contributed by atoms with Crippen molar-refractivity contribution in [1.82, 2.24) is 14.9 Å². The van der Waals surface area contributed by atoms with Gasteiger partial charge in [-0.1, -0.05) is 131 Å². The lowest BCUT2D eigenvalue weighted by molar-refractivity contribution is -0.120. The molecule has 0 saturated carbocycles. The van der Waals surface area contributed by atoms with E-state index in [1.165, 1.54) is 80.9 Å². The molecule has 0 spiro atoms. The number of aryl methyl sites for hydroxylation is 1. The number of unbranched alkanes of at least 4 members (excludes halogenated alkanes) is 9.